The van der Waals surface area contributed by atoms with Crippen LogP contribution in [0.15, 0.2) is 36.5 Å². The van der Waals surface area contributed by atoms with Crippen molar-refractivity contribution in [1.29, 1.82) is 0 Å². The quantitative estimate of drug-likeness (QED) is 0.806. The molecule has 1 spiro atoms. The highest BCUT2D eigenvalue weighted by atomic mass is 16.2. The number of carbonyl (C=O) groups is 1. The highest BCUT2D eigenvalue weighted by Crippen LogP contribution is 2.45. The number of hydrogen-bond acceptors (Lipinski definition) is 3. The van der Waals surface area contributed by atoms with Gasteiger partial charge in [-0.25, -0.2) is 4.98 Å². The minimum absolute atomic E-state index is 0.00947. The summed E-state index contributed by atoms with van der Waals surface area (Å²) in [6, 6.07) is 10.3. The van der Waals surface area contributed by atoms with Gasteiger partial charge < -0.3 is 9.88 Å². The van der Waals surface area contributed by atoms with Crippen LogP contribution in [0.25, 0.3) is 0 Å². The molecule has 1 aromatic carbocycles. The first-order chi connectivity index (χ1) is 14.1. The summed E-state index contributed by atoms with van der Waals surface area (Å²) in [6.45, 7) is 6.24. The number of nitrogens with one attached hydrogen (secondary N) is 1. The van der Waals surface area contributed by atoms with Gasteiger partial charge in [0, 0.05) is 38.4 Å². The van der Waals surface area contributed by atoms with Crippen molar-refractivity contribution in [3.8, 4) is 0 Å². The van der Waals surface area contributed by atoms with Crippen LogP contribution in [-0.4, -0.2) is 52.4 Å². The molecule has 1 amide bonds. The lowest BCUT2D eigenvalue weighted by molar-refractivity contribution is -0.139. The predicted octanol–water partition coefficient (Wildman–Crippen LogP) is 3.98. The first-order valence-corrected chi connectivity index (χ1v) is 11.1. The van der Waals surface area contributed by atoms with Crippen LogP contribution < -0.4 is 0 Å². The number of piperidine rings is 2. The Kier molecular flexibility index (Phi) is 6.04. The fourth-order valence-electron chi connectivity index (χ4n) is 5.12. The molecule has 3 heterocycles. The largest absolute Gasteiger partial charge is 0.345 e. The molecule has 29 heavy (non-hydrogen) atoms. The van der Waals surface area contributed by atoms with Crippen LogP contribution in [0.5, 0.6) is 0 Å². The number of imidazole rings is 1. The summed E-state index contributed by atoms with van der Waals surface area (Å²) in [4.78, 5) is 25.4. The van der Waals surface area contributed by atoms with E-state index in [2.05, 4.69) is 33.9 Å². The number of aryl methyl sites for hydroxylation is 1. The third-order valence-electron chi connectivity index (χ3n) is 6.84. The zero-order valence-electron chi connectivity index (χ0n) is 17.9. The molecular formula is C24H34N4O. The van der Waals surface area contributed by atoms with Gasteiger partial charge in [-0.2, -0.15) is 0 Å². The molecule has 2 saturated heterocycles. The van der Waals surface area contributed by atoms with Gasteiger partial charge in [-0.15, -0.1) is 0 Å². The van der Waals surface area contributed by atoms with Crippen LogP contribution in [0.3, 0.4) is 0 Å². The number of hydrogen-bond donors (Lipinski definition) is 1. The van der Waals surface area contributed by atoms with Crippen LogP contribution in [0, 0.1) is 5.41 Å². The van der Waals surface area contributed by atoms with Gasteiger partial charge in [0.15, 0.2) is 0 Å². The molecule has 0 saturated carbocycles. The third-order valence-corrected chi connectivity index (χ3v) is 6.84. The van der Waals surface area contributed by atoms with Gasteiger partial charge >= 0.3 is 0 Å². The molecule has 0 radical (unpaired) electrons. The maximum absolute atomic E-state index is 12.8. The van der Waals surface area contributed by atoms with Crippen molar-refractivity contribution < 1.29 is 4.79 Å². The smallest absolute Gasteiger partial charge is 0.229 e. The number of amides is 1. The van der Waals surface area contributed by atoms with Gasteiger partial charge in [0.05, 0.1) is 5.92 Å². The van der Waals surface area contributed by atoms with Crippen molar-refractivity contribution in [3.05, 3.63) is 53.6 Å². The summed E-state index contributed by atoms with van der Waals surface area (Å²) >= 11 is 0. The van der Waals surface area contributed by atoms with E-state index in [1.54, 1.807) is 0 Å². The first kappa shape index (κ1) is 20.1. The lowest BCUT2D eigenvalue weighted by Gasteiger charge is -2.49. The monoisotopic (exact) mass is 394 g/mol. The summed E-state index contributed by atoms with van der Waals surface area (Å²) < 4.78 is 0. The molecule has 2 fully saturated rings. The first-order valence-electron chi connectivity index (χ1n) is 11.1. The Labute approximate surface area is 174 Å². The molecule has 1 N–H and O–H groups in total. The summed E-state index contributed by atoms with van der Waals surface area (Å²) in [5.74, 6) is 1.41. The van der Waals surface area contributed by atoms with E-state index in [0.29, 0.717) is 0 Å². The zero-order chi connectivity index (χ0) is 20.3. The Bertz CT molecular complexity index is 807. The van der Waals surface area contributed by atoms with Crippen molar-refractivity contribution in [2.45, 2.75) is 57.9 Å². The van der Waals surface area contributed by atoms with E-state index in [-0.39, 0.29) is 17.2 Å². The lowest BCUT2D eigenvalue weighted by atomic mass is 9.68. The molecule has 2 aliphatic heterocycles. The van der Waals surface area contributed by atoms with E-state index in [0.717, 1.165) is 57.7 Å². The zero-order valence-corrected chi connectivity index (χ0v) is 17.9. The Balaban J connectivity index is 1.37. The molecule has 156 valence electrons. The summed E-state index contributed by atoms with van der Waals surface area (Å²) in [5, 5.41) is 0. The molecule has 1 unspecified atom stereocenters. The highest BCUT2D eigenvalue weighted by Gasteiger charge is 2.44. The Hall–Kier alpha value is -2.14. The summed E-state index contributed by atoms with van der Waals surface area (Å²) in [7, 11) is 1.98. The number of aromatic nitrogens is 2. The maximum Gasteiger partial charge on any atom is 0.229 e. The number of benzene rings is 1. The molecule has 1 atom stereocenters. The van der Waals surface area contributed by atoms with Crippen molar-refractivity contribution >= 4 is 5.91 Å². The van der Waals surface area contributed by atoms with Crippen molar-refractivity contribution in [2.24, 2.45) is 5.41 Å². The van der Waals surface area contributed by atoms with Gasteiger partial charge in [-0.1, -0.05) is 43.7 Å². The van der Waals surface area contributed by atoms with Crippen molar-refractivity contribution in [2.75, 3.05) is 26.7 Å². The summed E-state index contributed by atoms with van der Waals surface area (Å²) in [5.41, 5.74) is 2.65. The number of aromatic amines is 1. The second-order valence-corrected chi connectivity index (χ2v) is 9.10. The minimum atomic E-state index is 0.00947. The Morgan fingerprint density at radius 1 is 1.21 bits per heavy atom. The number of carbonyl (C=O) groups excluding carboxylic acids is 1. The highest BCUT2D eigenvalue weighted by molar-refractivity contribution is 5.84. The predicted molar refractivity (Wildman–Crippen MR) is 116 cm³/mol. The van der Waals surface area contributed by atoms with Gasteiger partial charge in [-0.05, 0) is 49.8 Å². The molecule has 4 rings (SSSR count). The van der Waals surface area contributed by atoms with Crippen LogP contribution in [0.2, 0.25) is 0 Å². The molecule has 5 nitrogen and oxygen atoms in total. The number of likely N-dealkylation sites (tertiary alicyclic amines) is 2. The standard InChI is InChI=1S/C24H34N4O/c1-3-4-10-22-25-16-20(26-22)17-28-13-11-24(12-14-28)15-21(23(29)27(2)18-24)19-8-6-5-7-9-19/h5-9,16,21H,3-4,10-15,17-18H2,1-2H3,(H,25,26). The molecule has 1 aromatic heterocycles. The minimum Gasteiger partial charge on any atom is -0.345 e. The third kappa shape index (κ3) is 4.55. The van der Waals surface area contributed by atoms with Crippen LogP contribution >= 0.6 is 0 Å². The second kappa shape index (κ2) is 8.70. The van der Waals surface area contributed by atoms with E-state index in [1.165, 1.54) is 24.1 Å². The van der Waals surface area contributed by atoms with E-state index in [4.69, 9.17) is 0 Å². The molecule has 0 aliphatic carbocycles. The number of unbranched alkanes of at least 4 members (excludes halogenated alkanes) is 1. The fraction of sp³-hybridized carbons (Fsp3) is 0.583. The van der Waals surface area contributed by atoms with Crippen molar-refractivity contribution in [1.82, 2.24) is 19.8 Å². The van der Waals surface area contributed by atoms with Crippen molar-refractivity contribution in [3.63, 3.8) is 0 Å². The average Bonchev–Trinajstić information content (AvgIpc) is 3.19. The number of H-pyrrole nitrogens is 1. The van der Waals surface area contributed by atoms with Gasteiger partial charge in [0.1, 0.15) is 5.82 Å². The fourth-order valence-corrected chi connectivity index (χ4v) is 5.12. The lowest BCUT2D eigenvalue weighted by Crippen LogP contribution is -2.52. The van der Waals surface area contributed by atoms with E-state index in [1.807, 2.05) is 36.3 Å². The molecule has 2 aliphatic rings. The van der Waals surface area contributed by atoms with E-state index < -0.39 is 0 Å². The molecular weight excluding hydrogens is 360 g/mol. The van der Waals surface area contributed by atoms with Gasteiger partial charge in [0.2, 0.25) is 5.91 Å². The normalized spacial score (nSPS) is 22.3. The Morgan fingerprint density at radius 2 is 1.97 bits per heavy atom. The average molecular weight is 395 g/mol. The van der Waals surface area contributed by atoms with Crippen LogP contribution in [-0.2, 0) is 17.8 Å². The van der Waals surface area contributed by atoms with Crippen LogP contribution in [0.4, 0.5) is 0 Å². The number of rotatable bonds is 6. The molecule has 2 aromatic rings. The maximum atomic E-state index is 12.8. The number of likely N-dealkylation sites (N-methyl/N-ethyl adjacent to an activating group) is 1. The SMILES string of the molecule is CCCCc1ncc(CN2CCC3(CC2)CC(c2ccccc2)C(=O)N(C)C3)[nH]1. The van der Waals surface area contributed by atoms with E-state index >= 15 is 0 Å². The molecule has 0 bridgehead atoms. The summed E-state index contributed by atoms with van der Waals surface area (Å²) in [6.07, 6.45) is 8.74. The Morgan fingerprint density at radius 3 is 2.69 bits per heavy atom. The van der Waals surface area contributed by atoms with E-state index in [9.17, 15) is 4.79 Å². The topological polar surface area (TPSA) is 52.2 Å². The number of nitrogens with zero attached hydrogens (tertiary/aromatic N) is 3. The van der Waals surface area contributed by atoms with Gasteiger partial charge in [-0.3, -0.25) is 9.69 Å². The van der Waals surface area contributed by atoms with Crippen LogP contribution in [0.1, 0.15) is 62.0 Å². The molecule has 5 heteroatoms. The van der Waals surface area contributed by atoms with Gasteiger partial charge in [0.25, 0.3) is 0 Å². The second-order valence-electron chi connectivity index (χ2n) is 9.10.